The van der Waals surface area contributed by atoms with E-state index in [-0.39, 0.29) is 0 Å². The van der Waals surface area contributed by atoms with Crippen molar-refractivity contribution in [1.82, 2.24) is 9.55 Å². The number of imidazole rings is 1. The zero-order valence-electron chi connectivity index (χ0n) is 12.1. The van der Waals surface area contributed by atoms with Gasteiger partial charge < -0.3 is 15.0 Å². The van der Waals surface area contributed by atoms with E-state index in [9.17, 15) is 0 Å². The topological polar surface area (TPSA) is 53.1 Å². The quantitative estimate of drug-likeness (QED) is 0.640. The largest absolute Gasteiger partial charge is 0.492 e. The highest BCUT2D eigenvalue weighted by atomic mass is 35.5. The van der Waals surface area contributed by atoms with Gasteiger partial charge >= 0.3 is 0 Å². The molecule has 0 aliphatic heterocycles. The van der Waals surface area contributed by atoms with Crippen molar-refractivity contribution in [3.8, 4) is 5.75 Å². The van der Waals surface area contributed by atoms with Crippen LogP contribution >= 0.6 is 34.8 Å². The van der Waals surface area contributed by atoms with E-state index in [1.165, 1.54) is 0 Å². The summed E-state index contributed by atoms with van der Waals surface area (Å²) in [7, 11) is 0. The fraction of sp³-hybridized carbons (Fsp3) is 0.188. The van der Waals surface area contributed by atoms with E-state index in [4.69, 9.17) is 45.3 Å². The highest BCUT2D eigenvalue weighted by Crippen LogP contribution is 2.28. The van der Waals surface area contributed by atoms with Crippen molar-refractivity contribution < 1.29 is 4.74 Å². The number of hydrogen-bond acceptors (Lipinski definition) is 3. The van der Waals surface area contributed by atoms with Crippen molar-refractivity contribution in [3.63, 3.8) is 0 Å². The van der Waals surface area contributed by atoms with Crippen molar-refractivity contribution in [2.75, 3.05) is 12.3 Å². The summed E-state index contributed by atoms with van der Waals surface area (Å²) in [6.45, 7) is 1.18. The molecule has 1 aromatic heterocycles. The number of nitrogens with zero attached hydrogens (tertiary/aromatic N) is 2. The Hall–Kier alpha value is -1.62. The summed E-state index contributed by atoms with van der Waals surface area (Å²) in [5.41, 5.74) is 7.71. The molecule has 7 heteroatoms. The molecule has 120 valence electrons. The summed E-state index contributed by atoms with van der Waals surface area (Å²) in [6, 6.07) is 10.7. The van der Waals surface area contributed by atoms with Crippen LogP contribution in [-0.2, 0) is 6.54 Å². The van der Waals surface area contributed by atoms with Gasteiger partial charge in [-0.25, -0.2) is 4.98 Å². The van der Waals surface area contributed by atoms with E-state index in [1.807, 2.05) is 16.7 Å². The van der Waals surface area contributed by atoms with Crippen molar-refractivity contribution in [2.24, 2.45) is 0 Å². The first-order valence-electron chi connectivity index (χ1n) is 7.04. The molecule has 3 rings (SSSR count). The standard InChI is InChI=1S/C16H14Cl3N3O/c17-10-3-5-15(12(19)8-10)23-7-1-6-22-14-9-11(18)2-4-13(14)21-16(22)20/h2-5,8-9H,1,6-7H2,(H2,20,21). The van der Waals surface area contributed by atoms with Gasteiger partial charge in [-0.15, -0.1) is 0 Å². The molecular weight excluding hydrogens is 357 g/mol. The molecule has 0 bridgehead atoms. The number of aryl methyl sites for hydroxylation is 1. The molecular formula is C16H14Cl3N3O. The maximum absolute atomic E-state index is 6.07. The Morgan fingerprint density at radius 2 is 1.78 bits per heavy atom. The van der Waals surface area contributed by atoms with Gasteiger partial charge in [0.25, 0.3) is 0 Å². The van der Waals surface area contributed by atoms with Gasteiger partial charge in [0.15, 0.2) is 0 Å². The predicted octanol–water partition coefficient (Wildman–Crippen LogP) is 5.05. The van der Waals surface area contributed by atoms with Gasteiger partial charge in [-0.05, 0) is 42.8 Å². The van der Waals surface area contributed by atoms with Crippen LogP contribution in [0.25, 0.3) is 11.0 Å². The number of nitrogen functional groups attached to an aromatic ring is 1. The molecule has 0 atom stereocenters. The van der Waals surface area contributed by atoms with Gasteiger partial charge in [0.2, 0.25) is 5.95 Å². The third-order valence-electron chi connectivity index (χ3n) is 3.42. The summed E-state index contributed by atoms with van der Waals surface area (Å²) >= 11 is 18.0. The minimum atomic E-state index is 0.465. The minimum absolute atomic E-state index is 0.465. The Kier molecular flexibility index (Phi) is 4.85. The molecule has 0 aliphatic rings. The molecule has 0 saturated carbocycles. The van der Waals surface area contributed by atoms with Crippen LogP contribution in [0.2, 0.25) is 15.1 Å². The molecule has 0 amide bonds. The lowest BCUT2D eigenvalue weighted by Gasteiger charge is -2.10. The lowest BCUT2D eigenvalue weighted by Crippen LogP contribution is -2.07. The van der Waals surface area contributed by atoms with Gasteiger partial charge in [-0.1, -0.05) is 34.8 Å². The highest BCUT2D eigenvalue weighted by molar-refractivity contribution is 6.35. The van der Waals surface area contributed by atoms with Crippen LogP contribution in [0.1, 0.15) is 6.42 Å². The molecule has 3 aromatic rings. The number of aromatic nitrogens is 2. The number of fused-ring (bicyclic) bond motifs is 1. The molecule has 0 radical (unpaired) electrons. The molecule has 1 heterocycles. The summed E-state index contributed by atoms with van der Waals surface area (Å²) < 4.78 is 7.60. The second kappa shape index (κ2) is 6.87. The summed E-state index contributed by atoms with van der Waals surface area (Å²) in [5.74, 6) is 1.08. The van der Waals surface area contributed by atoms with E-state index in [1.54, 1.807) is 24.3 Å². The Bertz CT molecular complexity index is 848. The monoisotopic (exact) mass is 369 g/mol. The van der Waals surface area contributed by atoms with E-state index >= 15 is 0 Å². The Morgan fingerprint density at radius 1 is 1.04 bits per heavy atom. The van der Waals surface area contributed by atoms with E-state index < -0.39 is 0 Å². The first-order valence-corrected chi connectivity index (χ1v) is 8.17. The van der Waals surface area contributed by atoms with Crippen LogP contribution in [0.3, 0.4) is 0 Å². The first kappa shape index (κ1) is 16.2. The van der Waals surface area contributed by atoms with E-state index in [2.05, 4.69) is 4.98 Å². The predicted molar refractivity (Wildman–Crippen MR) is 95.7 cm³/mol. The van der Waals surface area contributed by atoms with Gasteiger partial charge in [0.05, 0.1) is 22.7 Å². The van der Waals surface area contributed by atoms with E-state index in [0.29, 0.717) is 39.9 Å². The molecule has 0 spiro atoms. The fourth-order valence-corrected chi connectivity index (χ4v) is 2.98. The normalized spacial score (nSPS) is 11.1. The van der Waals surface area contributed by atoms with Crippen LogP contribution in [0.15, 0.2) is 36.4 Å². The fourth-order valence-electron chi connectivity index (χ4n) is 2.35. The Labute approximate surface area is 148 Å². The molecule has 4 nitrogen and oxygen atoms in total. The smallest absolute Gasteiger partial charge is 0.201 e. The molecule has 23 heavy (non-hydrogen) atoms. The number of ether oxygens (including phenoxy) is 1. The lowest BCUT2D eigenvalue weighted by molar-refractivity contribution is 0.303. The molecule has 0 fully saturated rings. The average molecular weight is 371 g/mol. The SMILES string of the molecule is Nc1nc2ccc(Cl)cc2n1CCCOc1ccc(Cl)cc1Cl. The lowest BCUT2D eigenvalue weighted by atomic mass is 10.3. The number of hydrogen-bond donors (Lipinski definition) is 1. The van der Waals surface area contributed by atoms with Gasteiger partial charge in [-0.2, -0.15) is 0 Å². The van der Waals surface area contributed by atoms with Gasteiger partial charge in [-0.3, -0.25) is 0 Å². The highest BCUT2D eigenvalue weighted by Gasteiger charge is 2.09. The van der Waals surface area contributed by atoms with Crippen molar-refractivity contribution in [1.29, 1.82) is 0 Å². The third kappa shape index (κ3) is 3.66. The maximum atomic E-state index is 6.07. The molecule has 0 unspecified atom stereocenters. The minimum Gasteiger partial charge on any atom is -0.492 e. The summed E-state index contributed by atoms with van der Waals surface area (Å²) in [4.78, 5) is 4.32. The molecule has 2 N–H and O–H groups in total. The third-order valence-corrected chi connectivity index (χ3v) is 4.18. The van der Waals surface area contributed by atoms with Crippen LogP contribution < -0.4 is 10.5 Å². The number of rotatable bonds is 5. The zero-order valence-corrected chi connectivity index (χ0v) is 14.4. The van der Waals surface area contributed by atoms with E-state index in [0.717, 1.165) is 17.5 Å². The number of nitrogens with two attached hydrogens (primary N) is 1. The van der Waals surface area contributed by atoms with Crippen molar-refractivity contribution in [2.45, 2.75) is 13.0 Å². The summed E-state index contributed by atoms with van der Waals surface area (Å²) in [5, 5.41) is 1.73. The van der Waals surface area contributed by atoms with Crippen LogP contribution in [0.5, 0.6) is 5.75 Å². The number of benzene rings is 2. The van der Waals surface area contributed by atoms with Gasteiger partial charge in [0, 0.05) is 16.6 Å². The number of halogens is 3. The van der Waals surface area contributed by atoms with Crippen molar-refractivity contribution >= 4 is 51.8 Å². The van der Waals surface area contributed by atoms with Crippen LogP contribution in [0.4, 0.5) is 5.95 Å². The zero-order chi connectivity index (χ0) is 16.4. The summed E-state index contributed by atoms with van der Waals surface area (Å²) in [6.07, 6.45) is 0.751. The molecule has 2 aromatic carbocycles. The average Bonchev–Trinajstić information content (AvgIpc) is 2.81. The second-order valence-electron chi connectivity index (χ2n) is 5.03. The number of anilines is 1. The Balaban J connectivity index is 1.65. The van der Waals surface area contributed by atoms with Crippen LogP contribution in [0, 0.1) is 0 Å². The van der Waals surface area contributed by atoms with Crippen LogP contribution in [-0.4, -0.2) is 16.2 Å². The Morgan fingerprint density at radius 3 is 2.57 bits per heavy atom. The van der Waals surface area contributed by atoms with Gasteiger partial charge in [0.1, 0.15) is 5.75 Å². The first-order chi connectivity index (χ1) is 11.0. The molecule has 0 saturated heterocycles. The van der Waals surface area contributed by atoms with Crippen molar-refractivity contribution in [3.05, 3.63) is 51.5 Å². The second-order valence-corrected chi connectivity index (χ2v) is 6.31. The molecule has 0 aliphatic carbocycles. The maximum Gasteiger partial charge on any atom is 0.201 e.